The molecule has 0 radical (unpaired) electrons. The number of piperidine rings is 1. The summed E-state index contributed by atoms with van der Waals surface area (Å²) in [6, 6.07) is 0. The lowest BCUT2D eigenvalue weighted by Crippen LogP contribution is -2.65. The Bertz CT molecular complexity index is 654. The topological polar surface area (TPSA) is 121 Å². The molecule has 0 aliphatic carbocycles. The number of carbonyl (C=O) groups is 2. The molecule has 2 rings (SSSR count). The number of sulfone groups is 1. The maximum Gasteiger partial charge on any atom is 0.410 e. The van der Waals surface area contributed by atoms with Crippen LogP contribution in [0, 0.1) is 5.41 Å². The molecule has 0 spiro atoms. The van der Waals surface area contributed by atoms with Crippen LogP contribution in [-0.2, 0) is 19.4 Å². The predicted molar refractivity (Wildman–Crippen MR) is 89.9 cm³/mol. The molecule has 2 atom stereocenters. The first kappa shape index (κ1) is 20.0. The van der Waals surface area contributed by atoms with E-state index in [0.717, 1.165) is 0 Å². The lowest BCUT2D eigenvalue weighted by Gasteiger charge is -2.50. The number of aliphatic carboxylic acids is 1. The van der Waals surface area contributed by atoms with Gasteiger partial charge in [0.05, 0.1) is 23.7 Å². The SMILES string of the molecule is CC(C)(C)OC(=O)N1CCCC(O)(C2(C(=O)O)CCCS(=O)(=O)C2)C1. The molecule has 25 heavy (non-hydrogen) atoms. The van der Waals surface area contributed by atoms with Gasteiger partial charge in [-0.15, -0.1) is 0 Å². The standard InChI is InChI=1S/C16H27NO7S/c1-14(2,3)24-13(20)17-8-4-7-16(21,10-17)15(12(18)19)6-5-9-25(22,23)11-15/h21H,4-11H2,1-3H3,(H,18,19). The van der Waals surface area contributed by atoms with E-state index in [-0.39, 0.29) is 31.6 Å². The van der Waals surface area contributed by atoms with E-state index in [4.69, 9.17) is 4.74 Å². The average Bonchev–Trinajstić information content (AvgIpc) is 2.44. The molecule has 0 aromatic carbocycles. The molecule has 2 fully saturated rings. The van der Waals surface area contributed by atoms with Crippen LogP contribution in [0.25, 0.3) is 0 Å². The Kier molecular flexibility index (Phi) is 5.13. The van der Waals surface area contributed by atoms with E-state index >= 15 is 0 Å². The number of β-amino-alcohol motifs (C(OH)–C–C–N with tert-alkyl or cyclic N) is 1. The molecule has 0 saturated carbocycles. The second-order valence-electron chi connectivity index (χ2n) is 8.12. The number of carboxylic acid groups (broad SMARTS) is 1. The molecule has 2 aliphatic rings. The Morgan fingerprint density at radius 1 is 1.16 bits per heavy atom. The zero-order chi connectivity index (χ0) is 19.1. The van der Waals surface area contributed by atoms with Gasteiger partial charge in [0.25, 0.3) is 0 Å². The van der Waals surface area contributed by atoms with Crippen molar-refractivity contribution in [2.45, 2.75) is 57.7 Å². The molecular weight excluding hydrogens is 350 g/mol. The minimum atomic E-state index is -3.56. The third-order valence-electron chi connectivity index (χ3n) is 4.95. The Hall–Kier alpha value is -1.35. The minimum Gasteiger partial charge on any atom is -0.481 e. The lowest BCUT2D eigenvalue weighted by molar-refractivity contribution is -0.176. The number of hydrogen-bond acceptors (Lipinski definition) is 6. The zero-order valence-corrected chi connectivity index (χ0v) is 15.8. The highest BCUT2D eigenvalue weighted by Gasteiger charge is 2.60. The fourth-order valence-corrected chi connectivity index (χ4v) is 5.77. The summed E-state index contributed by atoms with van der Waals surface area (Å²) in [6.07, 6.45) is 0.132. The number of hydrogen-bond donors (Lipinski definition) is 2. The third-order valence-corrected chi connectivity index (χ3v) is 6.79. The lowest BCUT2D eigenvalue weighted by atomic mass is 9.66. The van der Waals surface area contributed by atoms with Gasteiger partial charge in [-0.3, -0.25) is 4.79 Å². The molecule has 144 valence electrons. The number of amides is 1. The number of ether oxygens (including phenoxy) is 1. The van der Waals surface area contributed by atoms with Gasteiger partial charge in [-0.05, 0) is 46.5 Å². The van der Waals surface area contributed by atoms with Gasteiger partial charge in [0.2, 0.25) is 0 Å². The van der Waals surface area contributed by atoms with Crippen LogP contribution in [0.4, 0.5) is 4.79 Å². The molecule has 0 aromatic rings. The molecule has 2 unspecified atom stereocenters. The van der Waals surface area contributed by atoms with Crippen molar-refractivity contribution in [3.63, 3.8) is 0 Å². The zero-order valence-electron chi connectivity index (χ0n) is 14.9. The molecule has 1 amide bonds. The first-order valence-corrected chi connectivity index (χ1v) is 10.3. The molecule has 9 heteroatoms. The third kappa shape index (κ3) is 4.08. The Morgan fingerprint density at radius 3 is 2.32 bits per heavy atom. The summed E-state index contributed by atoms with van der Waals surface area (Å²) in [7, 11) is -3.56. The summed E-state index contributed by atoms with van der Waals surface area (Å²) in [4.78, 5) is 25.6. The van der Waals surface area contributed by atoms with Crippen molar-refractivity contribution in [1.82, 2.24) is 4.90 Å². The predicted octanol–water partition coefficient (Wildman–Crippen LogP) is 1.03. The van der Waals surface area contributed by atoms with Crippen molar-refractivity contribution in [3.05, 3.63) is 0 Å². The highest BCUT2D eigenvalue weighted by Crippen LogP contribution is 2.46. The normalized spacial score (nSPS) is 32.9. The molecule has 2 aliphatic heterocycles. The van der Waals surface area contributed by atoms with Crippen LogP contribution in [0.5, 0.6) is 0 Å². The van der Waals surface area contributed by atoms with Gasteiger partial charge >= 0.3 is 12.1 Å². The van der Waals surface area contributed by atoms with Crippen LogP contribution in [0.15, 0.2) is 0 Å². The van der Waals surface area contributed by atoms with Crippen LogP contribution in [-0.4, -0.2) is 71.4 Å². The van der Waals surface area contributed by atoms with E-state index in [0.29, 0.717) is 13.0 Å². The summed E-state index contributed by atoms with van der Waals surface area (Å²) in [5, 5.41) is 21.0. The molecule has 2 heterocycles. The quantitative estimate of drug-likeness (QED) is 0.737. The van der Waals surface area contributed by atoms with Crippen LogP contribution >= 0.6 is 0 Å². The van der Waals surface area contributed by atoms with Gasteiger partial charge < -0.3 is 19.8 Å². The van der Waals surface area contributed by atoms with Crippen LogP contribution in [0.2, 0.25) is 0 Å². The summed E-state index contributed by atoms with van der Waals surface area (Å²) >= 11 is 0. The van der Waals surface area contributed by atoms with Gasteiger partial charge in [-0.2, -0.15) is 0 Å². The molecule has 8 nitrogen and oxygen atoms in total. The van der Waals surface area contributed by atoms with Crippen LogP contribution in [0.1, 0.15) is 46.5 Å². The number of likely N-dealkylation sites (tertiary alicyclic amines) is 1. The van der Waals surface area contributed by atoms with Crippen LogP contribution < -0.4 is 0 Å². The number of nitrogens with zero attached hydrogens (tertiary/aromatic N) is 1. The maximum atomic E-state index is 12.3. The van der Waals surface area contributed by atoms with E-state index in [1.807, 2.05) is 0 Å². The summed E-state index contributed by atoms with van der Waals surface area (Å²) in [5.41, 5.74) is -4.32. The highest BCUT2D eigenvalue weighted by molar-refractivity contribution is 7.91. The smallest absolute Gasteiger partial charge is 0.410 e. The van der Waals surface area contributed by atoms with Gasteiger partial charge in [0.1, 0.15) is 11.0 Å². The van der Waals surface area contributed by atoms with Crippen LogP contribution in [0.3, 0.4) is 0 Å². The monoisotopic (exact) mass is 377 g/mol. The molecule has 0 aromatic heterocycles. The minimum absolute atomic E-state index is 0.0697. The van der Waals surface area contributed by atoms with Gasteiger partial charge in [0, 0.05) is 6.54 Å². The summed E-state index contributed by atoms with van der Waals surface area (Å²) in [6.45, 7) is 5.23. The Labute approximate surface area is 148 Å². The number of carbonyl (C=O) groups excluding carboxylic acids is 1. The Balaban J connectivity index is 2.31. The van der Waals surface area contributed by atoms with E-state index in [1.165, 1.54) is 4.90 Å². The maximum absolute atomic E-state index is 12.3. The average molecular weight is 377 g/mol. The van der Waals surface area contributed by atoms with E-state index < -0.39 is 44.3 Å². The van der Waals surface area contributed by atoms with Crippen molar-refractivity contribution in [2.75, 3.05) is 24.6 Å². The van der Waals surface area contributed by atoms with E-state index in [9.17, 15) is 28.2 Å². The molecule has 2 N–H and O–H groups in total. The number of rotatable bonds is 2. The van der Waals surface area contributed by atoms with Crippen molar-refractivity contribution >= 4 is 21.9 Å². The van der Waals surface area contributed by atoms with Crippen molar-refractivity contribution in [1.29, 1.82) is 0 Å². The van der Waals surface area contributed by atoms with E-state index in [1.54, 1.807) is 20.8 Å². The molecular formula is C16H27NO7S. The van der Waals surface area contributed by atoms with Crippen molar-refractivity contribution < 1.29 is 33.0 Å². The van der Waals surface area contributed by atoms with Gasteiger partial charge in [0.15, 0.2) is 9.84 Å². The van der Waals surface area contributed by atoms with Gasteiger partial charge in [-0.1, -0.05) is 0 Å². The largest absolute Gasteiger partial charge is 0.481 e. The van der Waals surface area contributed by atoms with E-state index in [2.05, 4.69) is 0 Å². The molecule has 2 saturated heterocycles. The first-order chi connectivity index (χ1) is 11.3. The summed E-state index contributed by atoms with van der Waals surface area (Å²) in [5.74, 6) is -2.01. The van der Waals surface area contributed by atoms with Crippen molar-refractivity contribution in [3.8, 4) is 0 Å². The Morgan fingerprint density at radius 2 is 1.80 bits per heavy atom. The summed E-state index contributed by atoms with van der Waals surface area (Å²) < 4.78 is 29.5. The molecule has 0 bridgehead atoms. The number of carboxylic acids is 1. The van der Waals surface area contributed by atoms with Crippen molar-refractivity contribution in [2.24, 2.45) is 5.41 Å². The van der Waals surface area contributed by atoms with Gasteiger partial charge in [-0.25, -0.2) is 13.2 Å². The second kappa shape index (κ2) is 6.42. The number of aliphatic hydroxyl groups is 1. The second-order valence-corrected chi connectivity index (χ2v) is 10.3. The fraction of sp³-hybridized carbons (Fsp3) is 0.875. The highest BCUT2D eigenvalue weighted by atomic mass is 32.2. The fourth-order valence-electron chi connectivity index (χ4n) is 3.76. The first-order valence-electron chi connectivity index (χ1n) is 8.44.